The predicted molar refractivity (Wildman–Crippen MR) is 101 cm³/mol. The van der Waals surface area contributed by atoms with Crippen LogP contribution in [-0.2, 0) is 11.3 Å². The van der Waals surface area contributed by atoms with Crippen LogP contribution in [0.15, 0.2) is 42.5 Å². The van der Waals surface area contributed by atoms with E-state index in [-0.39, 0.29) is 18.8 Å². The highest BCUT2D eigenvalue weighted by Crippen LogP contribution is 2.34. The van der Waals surface area contributed by atoms with Gasteiger partial charge in [0.2, 0.25) is 0 Å². The molecule has 166 valence electrons. The number of hydrogen-bond acceptors (Lipinski definition) is 7. The zero-order valence-corrected chi connectivity index (χ0v) is 16.0. The number of alkyl halides is 3. The van der Waals surface area contributed by atoms with Crippen LogP contribution in [0.3, 0.4) is 0 Å². The molecule has 0 aliphatic rings. The van der Waals surface area contributed by atoms with Gasteiger partial charge in [0.25, 0.3) is 0 Å². The van der Waals surface area contributed by atoms with Crippen molar-refractivity contribution in [2.75, 3.05) is 25.5 Å². The summed E-state index contributed by atoms with van der Waals surface area (Å²) in [7, 11) is 1.30. The smallest absolute Gasteiger partial charge is 0.404 e. The molecule has 0 amide bonds. The zero-order chi connectivity index (χ0) is 22.3. The lowest BCUT2D eigenvalue weighted by atomic mass is 10.0. The molecule has 7 nitrogen and oxygen atoms in total. The molecule has 2 atom stereocenters. The third-order valence-electron chi connectivity index (χ3n) is 4.22. The van der Waals surface area contributed by atoms with E-state index in [2.05, 4.69) is 5.32 Å². The molecule has 2 aromatic carbocycles. The first-order valence-electron chi connectivity index (χ1n) is 8.84. The summed E-state index contributed by atoms with van der Waals surface area (Å²) in [6, 6.07) is 7.74. The number of methoxy groups -OCH3 is 1. The van der Waals surface area contributed by atoms with Gasteiger partial charge in [0, 0.05) is 13.7 Å². The molecule has 0 aliphatic heterocycles. The highest BCUT2D eigenvalue weighted by molar-refractivity contribution is 5.60. The quantitative estimate of drug-likeness (QED) is 0.391. The lowest BCUT2D eigenvalue weighted by Gasteiger charge is -2.28. The predicted octanol–water partition coefficient (Wildman–Crippen LogP) is 3.26. The van der Waals surface area contributed by atoms with Crippen molar-refractivity contribution >= 4 is 5.69 Å². The van der Waals surface area contributed by atoms with Crippen molar-refractivity contribution in [1.82, 2.24) is 5.32 Å². The molecular weight excluding hydrogens is 410 g/mol. The molecule has 0 spiro atoms. The second-order valence-electron chi connectivity index (χ2n) is 6.46. The number of anilines is 1. The number of rotatable bonds is 10. The largest absolute Gasteiger partial charge is 0.733 e. The number of halogens is 4. The molecule has 0 bridgehead atoms. The van der Waals surface area contributed by atoms with Gasteiger partial charge in [-0.15, -0.1) is 0 Å². The van der Waals surface area contributed by atoms with Gasteiger partial charge in [0.05, 0.1) is 18.3 Å². The highest BCUT2D eigenvalue weighted by Gasteiger charge is 2.36. The van der Waals surface area contributed by atoms with E-state index in [0.717, 1.165) is 12.1 Å². The molecule has 0 saturated carbocycles. The van der Waals surface area contributed by atoms with E-state index >= 15 is 0 Å². The Morgan fingerprint density at radius 3 is 2.47 bits per heavy atom. The summed E-state index contributed by atoms with van der Waals surface area (Å²) < 4.78 is 62.9. The molecule has 0 radical (unpaired) electrons. The highest BCUT2D eigenvalue weighted by atomic mass is 19.4. The molecule has 1 unspecified atom stereocenters. The minimum atomic E-state index is -4.62. The van der Waals surface area contributed by atoms with Crippen molar-refractivity contribution in [1.29, 1.82) is 0 Å². The number of benzene rings is 2. The maximum Gasteiger partial charge on any atom is 0.404 e. The molecule has 30 heavy (non-hydrogen) atoms. The fourth-order valence-electron chi connectivity index (χ4n) is 2.64. The van der Waals surface area contributed by atoms with Gasteiger partial charge in [-0.1, -0.05) is 30.3 Å². The first-order valence-corrected chi connectivity index (χ1v) is 8.84. The Labute approximate surface area is 170 Å². The standard InChI is InChI=1S/C19H22F4N3O4/c1-29-11-15(25-9-17(24)19(21,22)23)13-7-14(20)18(16(8-13)26(27)28)30-10-12-5-3-2-4-6-12/h2-8,15,17,25,27H,9-11,24H2,1H3/q-1/t15?,17-/m0/s1. The van der Waals surface area contributed by atoms with Crippen molar-refractivity contribution in [3.8, 4) is 5.75 Å². The number of hydrogen-bond donors (Lipinski definition) is 3. The van der Waals surface area contributed by atoms with Crippen LogP contribution in [0.1, 0.15) is 17.2 Å². The monoisotopic (exact) mass is 432 g/mol. The molecule has 0 aliphatic carbocycles. The molecule has 0 fully saturated rings. The molecule has 2 rings (SSSR count). The van der Waals surface area contributed by atoms with Crippen molar-refractivity contribution < 1.29 is 32.2 Å². The Morgan fingerprint density at radius 1 is 1.23 bits per heavy atom. The van der Waals surface area contributed by atoms with Gasteiger partial charge in [-0.3, -0.25) is 5.21 Å². The molecule has 0 aromatic heterocycles. The fourth-order valence-corrected chi connectivity index (χ4v) is 2.64. The van der Waals surface area contributed by atoms with Crippen molar-refractivity contribution in [2.24, 2.45) is 5.73 Å². The zero-order valence-electron chi connectivity index (χ0n) is 16.0. The molecule has 11 heteroatoms. The van der Waals surface area contributed by atoms with Crippen molar-refractivity contribution in [2.45, 2.75) is 24.9 Å². The fraction of sp³-hybridized carbons (Fsp3) is 0.368. The third-order valence-corrected chi connectivity index (χ3v) is 4.22. The van der Waals surface area contributed by atoms with E-state index < -0.39 is 47.3 Å². The Balaban J connectivity index is 2.25. The van der Waals surface area contributed by atoms with Crippen LogP contribution in [0, 0.1) is 11.0 Å². The van der Waals surface area contributed by atoms with E-state index in [1.54, 1.807) is 30.3 Å². The van der Waals surface area contributed by atoms with Crippen LogP contribution in [0.4, 0.5) is 23.2 Å². The number of nitrogens with two attached hydrogens (primary N) is 1. The molecule has 2 aromatic rings. The summed E-state index contributed by atoms with van der Waals surface area (Å²) in [5, 5.41) is 22.9. The van der Waals surface area contributed by atoms with Crippen molar-refractivity contribution in [3.63, 3.8) is 0 Å². The second kappa shape index (κ2) is 10.5. The van der Waals surface area contributed by atoms with Gasteiger partial charge < -0.3 is 31.0 Å². The lowest BCUT2D eigenvalue weighted by molar-refractivity contribution is -0.147. The Bertz CT molecular complexity index is 806. The first kappa shape index (κ1) is 23.8. The van der Waals surface area contributed by atoms with Crippen LogP contribution in [-0.4, -0.2) is 37.7 Å². The SMILES string of the molecule is COCC(NC[C@H](N)C(F)(F)F)c1cc(F)c(OCc2ccccc2)c(N([O-])O)c1. The summed E-state index contributed by atoms with van der Waals surface area (Å²) in [5.41, 5.74) is 5.31. The summed E-state index contributed by atoms with van der Waals surface area (Å²) in [6.45, 7) is -0.878. The van der Waals surface area contributed by atoms with Crippen LogP contribution in [0.25, 0.3) is 0 Å². The van der Waals surface area contributed by atoms with Gasteiger partial charge in [0.1, 0.15) is 12.6 Å². The van der Waals surface area contributed by atoms with Crippen LogP contribution in [0.5, 0.6) is 5.75 Å². The van der Waals surface area contributed by atoms with Crippen molar-refractivity contribution in [3.05, 3.63) is 64.6 Å². The summed E-state index contributed by atoms with van der Waals surface area (Å²) in [6.07, 6.45) is -4.62. The minimum absolute atomic E-state index is 0.0701. The average molecular weight is 432 g/mol. The van der Waals surface area contributed by atoms with Gasteiger partial charge >= 0.3 is 6.18 Å². The van der Waals surface area contributed by atoms with Gasteiger partial charge in [0.15, 0.2) is 11.6 Å². The minimum Gasteiger partial charge on any atom is -0.733 e. The van der Waals surface area contributed by atoms with Crippen LogP contribution >= 0.6 is 0 Å². The van der Waals surface area contributed by atoms with E-state index in [1.165, 1.54) is 7.11 Å². The van der Waals surface area contributed by atoms with Gasteiger partial charge in [-0.05, 0) is 23.3 Å². The molecule has 0 heterocycles. The van der Waals surface area contributed by atoms with Gasteiger partial charge in [-0.25, -0.2) is 4.39 Å². The summed E-state index contributed by atoms with van der Waals surface area (Å²) >= 11 is 0. The number of nitrogens with one attached hydrogen (secondary N) is 1. The Kier molecular flexibility index (Phi) is 8.38. The number of ether oxygens (including phenoxy) is 2. The Hall–Kier alpha value is -2.44. The third kappa shape index (κ3) is 6.54. The molecular formula is C19H22F4N3O4-. The summed E-state index contributed by atoms with van der Waals surface area (Å²) in [4.78, 5) is 0. The van der Waals surface area contributed by atoms with E-state index in [0.29, 0.717) is 5.56 Å². The Morgan fingerprint density at radius 2 is 1.90 bits per heavy atom. The van der Waals surface area contributed by atoms with Crippen LogP contribution in [0.2, 0.25) is 0 Å². The lowest BCUT2D eigenvalue weighted by Crippen LogP contribution is -2.46. The average Bonchev–Trinajstić information content (AvgIpc) is 2.69. The maximum atomic E-state index is 14.7. The first-order chi connectivity index (χ1) is 14.1. The molecule has 4 N–H and O–H groups in total. The second-order valence-corrected chi connectivity index (χ2v) is 6.46. The van der Waals surface area contributed by atoms with Crippen LogP contribution < -0.4 is 21.0 Å². The normalized spacial score (nSPS) is 13.7. The maximum absolute atomic E-state index is 14.7. The number of nitrogens with zero attached hydrogens (tertiary/aromatic N) is 1. The molecule has 0 saturated heterocycles. The van der Waals surface area contributed by atoms with Gasteiger partial charge in [-0.2, -0.15) is 13.2 Å². The van der Waals surface area contributed by atoms with E-state index in [1.807, 2.05) is 0 Å². The topological polar surface area (TPSA) is 103 Å². The summed E-state index contributed by atoms with van der Waals surface area (Å²) in [5.74, 6) is -1.47. The van der Waals surface area contributed by atoms with E-state index in [4.69, 9.17) is 15.2 Å². The van der Waals surface area contributed by atoms with E-state index in [9.17, 15) is 28.0 Å².